The zero-order chi connectivity index (χ0) is 10.1. The molecule has 0 aliphatic carbocycles. The van der Waals surface area contributed by atoms with Gasteiger partial charge in [-0.1, -0.05) is 0 Å². The van der Waals surface area contributed by atoms with Crippen LogP contribution in [0.15, 0.2) is 0 Å². The van der Waals surface area contributed by atoms with Crippen molar-refractivity contribution in [1.29, 1.82) is 0 Å². The number of carbonyl (C=O) groups is 2. The van der Waals surface area contributed by atoms with Crippen molar-refractivity contribution >= 4 is 23.4 Å². The Kier molecular flexibility index (Phi) is 2.63. The highest BCUT2D eigenvalue weighted by Gasteiger charge is 2.34. The van der Waals surface area contributed by atoms with Gasteiger partial charge in [0.25, 0.3) is 0 Å². The molecule has 78 valence electrons. The predicted octanol–water partition coefficient (Wildman–Crippen LogP) is -0.0841. The Morgan fingerprint density at radius 1 is 1.50 bits per heavy atom. The maximum absolute atomic E-state index is 11.6. The van der Waals surface area contributed by atoms with Crippen molar-refractivity contribution < 1.29 is 9.59 Å². The normalized spacial score (nSPS) is 26.6. The van der Waals surface area contributed by atoms with Gasteiger partial charge in [0.1, 0.15) is 5.88 Å². The summed E-state index contributed by atoms with van der Waals surface area (Å²) in [4.78, 5) is 26.4. The van der Waals surface area contributed by atoms with Crippen LogP contribution in [0.5, 0.6) is 0 Å². The van der Waals surface area contributed by atoms with Crippen molar-refractivity contribution in [1.82, 2.24) is 9.80 Å². The van der Waals surface area contributed by atoms with Gasteiger partial charge in [0, 0.05) is 19.6 Å². The van der Waals surface area contributed by atoms with Crippen LogP contribution in [0.1, 0.15) is 6.42 Å². The Balaban J connectivity index is 2.08. The molecule has 2 heterocycles. The Morgan fingerprint density at radius 2 is 2.29 bits per heavy atom. The number of alkyl halides is 1. The number of carbonyl (C=O) groups excluding carboxylic acids is 2. The number of rotatable bonds is 1. The summed E-state index contributed by atoms with van der Waals surface area (Å²) >= 11 is 5.47. The molecule has 4 nitrogen and oxygen atoms in total. The van der Waals surface area contributed by atoms with Crippen LogP contribution in [0, 0.1) is 5.92 Å². The predicted molar refractivity (Wildman–Crippen MR) is 52.0 cm³/mol. The molecule has 2 aliphatic heterocycles. The van der Waals surface area contributed by atoms with Gasteiger partial charge < -0.3 is 9.80 Å². The second kappa shape index (κ2) is 3.77. The molecule has 0 aromatic heterocycles. The Morgan fingerprint density at radius 3 is 3.00 bits per heavy atom. The topological polar surface area (TPSA) is 40.6 Å². The molecule has 2 rings (SSSR count). The minimum Gasteiger partial charge on any atom is -0.341 e. The zero-order valence-corrected chi connectivity index (χ0v) is 8.66. The fraction of sp³-hybridized carbons (Fsp3) is 0.778. The first-order valence-corrected chi connectivity index (χ1v) is 5.35. The van der Waals surface area contributed by atoms with Gasteiger partial charge in [-0.2, -0.15) is 0 Å². The zero-order valence-electron chi connectivity index (χ0n) is 7.91. The lowest BCUT2D eigenvalue weighted by molar-refractivity contribution is -0.137. The van der Waals surface area contributed by atoms with E-state index in [1.165, 1.54) is 0 Å². The van der Waals surface area contributed by atoms with Gasteiger partial charge in [-0.25, -0.2) is 0 Å². The number of halogens is 1. The molecule has 2 fully saturated rings. The highest BCUT2D eigenvalue weighted by Crippen LogP contribution is 2.21. The van der Waals surface area contributed by atoms with Crippen molar-refractivity contribution in [2.75, 3.05) is 32.1 Å². The third-order valence-corrected chi connectivity index (χ3v) is 3.14. The maximum atomic E-state index is 11.6. The molecule has 2 bridgehead atoms. The molecule has 5 heteroatoms. The summed E-state index contributed by atoms with van der Waals surface area (Å²) in [6.45, 7) is 2.56. The average molecular weight is 217 g/mol. The molecule has 0 radical (unpaired) electrons. The quantitative estimate of drug-likeness (QED) is 0.575. The third kappa shape index (κ3) is 1.71. The van der Waals surface area contributed by atoms with Crippen LogP contribution in [-0.4, -0.2) is 53.7 Å². The number of hydrogen-bond acceptors (Lipinski definition) is 2. The minimum atomic E-state index is -0.131. The van der Waals surface area contributed by atoms with Gasteiger partial charge in [-0.15, -0.1) is 11.6 Å². The summed E-state index contributed by atoms with van der Waals surface area (Å²) in [7, 11) is 0. The fourth-order valence-electron chi connectivity index (χ4n) is 2.12. The second-order valence-corrected chi connectivity index (χ2v) is 4.17. The molecular weight excluding hydrogens is 204 g/mol. The van der Waals surface area contributed by atoms with Gasteiger partial charge >= 0.3 is 0 Å². The Labute approximate surface area is 87.8 Å². The molecule has 0 aromatic carbocycles. The van der Waals surface area contributed by atoms with Crippen molar-refractivity contribution in [2.24, 2.45) is 5.92 Å². The van der Waals surface area contributed by atoms with Crippen LogP contribution in [0.4, 0.5) is 0 Å². The number of hydrogen-bond donors (Lipinski definition) is 0. The van der Waals surface area contributed by atoms with E-state index in [9.17, 15) is 9.59 Å². The molecule has 2 amide bonds. The molecule has 2 aliphatic rings. The van der Waals surface area contributed by atoms with E-state index >= 15 is 0 Å². The SMILES string of the molecule is O=C1CN(C(=O)CCl)CC2CCN1C2. The van der Waals surface area contributed by atoms with Crippen molar-refractivity contribution in [3.63, 3.8) is 0 Å². The second-order valence-electron chi connectivity index (χ2n) is 3.90. The third-order valence-electron chi connectivity index (χ3n) is 2.91. The molecule has 1 unspecified atom stereocenters. The van der Waals surface area contributed by atoms with Crippen LogP contribution < -0.4 is 0 Å². The van der Waals surface area contributed by atoms with E-state index < -0.39 is 0 Å². The van der Waals surface area contributed by atoms with E-state index in [4.69, 9.17) is 11.6 Å². The lowest BCUT2D eigenvalue weighted by atomic mass is 10.1. The number of fused-ring (bicyclic) bond motifs is 2. The molecular formula is C9H13ClN2O2. The smallest absolute Gasteiger partial charge is 0.242 e. The summed E-state index contributed by atoms with van der Waals surface area (Å²) in [5.41, 5.74) is 0. The number of amides is 2. The molecule has 0 aromatic rings. The van der Waals surface area contributed by atoms with Crippen LogP contribution in [0.3, 0.4) is 0 Å². The molecule has 14 heavy (non-hydrogen) atoms. The molecule has 0 N–H and O–H groups in total. The highest BCUT2D eigenvalue weighted by atomic mass is 35.5. The van der Waals surface area contributed by atoms with E-state index in [-0.39, 0.29) is 24.2 Å². The maximum Gasteiger partial charge on any atom is 0.242 e. The fourth-order valence-corrected chi connectivity index (χ4v) is 2.29. The summed E-state index contributed by atoms with van der Waals surface area (Å²) < 4.78 is 0. The van der Waals surface area contributed by atoms with Crippen LogP contribution in [0.25, 0.3) is 0 Å². The first kappa shape index (κ1) is 9.77. The first-order chi connectivity index (χ1) is 6.70. The standard InChI is InChI=1S/C9H13ClN2O2/c10-3-8(13)12-5-7-1-2-11(4-7)9(14)6-12/h7H,1-6H2. The van der Waals surface area contributed by atoms with E-state index in [1.54, 1.807) is 4.90 Å². The van der Waals surface area contributed by atoms with Gasteiger partial charge in [0.05, 0.1) is 6.54 Å². The summed E-state index contributed by atoms with van der Waals surface area (Å²) in [6.07, 6.45) is 1.01. The van der Waals surface area contributed by atoms with E-state index in [0.717, 1.165) is 19.5 Å². The van der Waals surface area contributed by atoms with Crippen molar-refractivity contribution in [3.8, 4) is 0 Å². The molecule has 2 saturated heterocycles. The Bertz CT molecular complexity index is 270. The summed E-state index contributed by atoms with van der Waals surface area (Å²) in [5.74, 6) is 0.353. The summed E-state index contributed by atoms with van der Waals surface area (Å²) in [5, 5.41) is 0. The van der Waals surface area contributed by atoms with Crippen LogP contribution >= 0.6 is 11.6 Å². The lowest BCUT2D eigenvalue weighted by Gasteiger charge is -2.23. The van der Waals surface area contributed by atoms with Gasteiger partial charge in [0.15, 0.2) is 0 Å². The molecule has 1 atom stereocenters. The van der Waals surface area contributed by atoms with Crippen molar-refractivity contribution in [3.05, 3.63) is 0 Å². The van der Waals surface area contributed by atoms with E-state index in [2.05, 4.69) is 0 Å². The number of nitrogens with zero attached hydrogens (tertiary/aromatic N) is 2. The largest absolute Gasteiger partial charge is 0.341 e. The summed E-state index contributed by atoms with van der Waals surface area (Å²) in [6, 6.07) is 0. The minimum absolute atomic E-state index is 0.0278. The molecule has 0 saturated carbocycles. The highest BCUT2D eigenvalue weighted by molar-refractivity contribution is 6.27. The average Bonchev–Trinajstić information content (AvgIpc) is 2.56. The van der Waals surface area contributed by atoms with Crippen LogP contribution in [-0.2, 0) is 9.59 Å². The van der Waals surface area contributed by atoms with Crippen LogP contribution in [0.2, 0.25) is 0 Å². The van der Waals surface area contributed by atoms with E-state index in [1.807, 2.05) is 4.90 Å². The Hall–Kier alpha value is -0.770. The molecule has 0 spiro atoms. The monoisotopic (exact) mass is 216 g/mol. The van der Waals surface area contributed by atoms with Gasteiger partial charge in [-0.3, -0.25) is 9.59 Å². The van der Waals surface area contributed by atoms with Gasteiger partial charge in [-0.05, 0) is 12.3 Å². The van der Waals surface area contributed by atoms with E-state index in [0.29, 0.717) is 12.5 Å². The van der Waals surface area contributed by atoms with Gasteiger partial charge in [0.2, 0.25) is 11.8 Å². The first-order valence-electron chi connectivity index (χ1n) is 4.82. The lowest BCUT2D eigenvalue weighted by Crippen LogP contribution is -2.41. The van der Waals surface area contributed by atoms with Crippen molar-refractivity contribution in [2.45, 2.75) is 6.42 Å².